The molecule has 0 radical (unpaired) electrons. The Kier molecular flexibility index (Phi) is 3.10. The van der Waals surface area contributed by atoms with Gasteiger partial charge in [0, 0.05) is 6.07 Å². The minimum Gasteiger partial charge on any atom is -0.497 e. The van der Waals surface area contributed by atoms with E-state index in [-0.39, 0.29) is 0 Å². The molecular formula is C12H13NO3. The van der Waals surface area contributed by atoms with Gasteiger partial charge in [0.25, 0.3) is 0 Å². The van der Waals surface area contributed by atoms with E-state index in [1.165, 1.54) is 6.39 Å². The van der Waals surface area contributed by atoms with Crippen LogP contribution in [0.15, 0.2) is 35.2 Å². The minimum atomic E-state index is 0.592. The summed E-state index contributed by atoms with van der Waals surface area (Å²) in [7, 11) is 1.62. The Morgan fingerprint density at radius 3 is 2.88 bits per heavy atom. The van der Waals surface area contributed by atoms with Gasteiger partial charge in [-0.05, 0) is 19.1 Å². The van der Waals surface area contributed by atoms with Crippen LogP contribution in [0.3, 0.4) is 0 Å². The number of aromatic nitrogens is 1. The van der Waals surface area contributed by atoms with Gasteiger partial charge in [-0.15, -0.1) is 0 Å². The Morgan fingerprint density at radius 1 is 1.38 bits per heavy atom. The third-order valence-corrected chi connectivity index (χ3v) is 2.19. The van der Waals surface area contributed by atoms with Crippen LogP contribution in [0.25, 0.3) is 11.3 Å². The molecule has 0 unspecified atom stereocenters. The smallest absolute Gasteiger partial charge is 0.181 e. The van der Waals surface area contributed by atoms with Crippen molar-refractivity contribution in [2.75, 3.05) is 13.7 Å². The van der Waals surface area contributed by atoms with Crippen LogP contribution in [0.4, 0.5) is 0 Å². The fourth-order valence-electron chi connectivity index (χ4n) is 1.46. The largest absolute Gasteiger partial charge is 0.497 e. The van der Waals surface area contributed by atoms with Gasteiger partial charge in [0.2, 0.25) is 0 Å². The van der Waals surface area contributed by atoms with Crippen LogP contribution in [-0.2, 0) is 0 Å². The molecule has 0 saturated heterocycles. The molecule has 2 rings (SSSR count). The molecule has 0 amide bonds. The molecular weight excluding hydrogens is 206 g/mol. The Balaban J connectivity index is 2.44. The van der Waals surface area contributed by atoms with Crippen LogP contribution in [-0.4, -0.2) is 18.7 Å². The minimum absolute atomic E-state index is 0.592. The van der Waals surface area contributed by atoms with E-state index < -0.39 is 0 Å². The number of ether oxygens (including phenoxy) is 2. The van der Waals surface area contributed by atoms with Gasteiger partial charge < -0.3 is 13.9 Å². The maximum Gasteiger partial charge on any atom is 0.181 e. The van der Waals surface area contributed by atoms with E-state index in [1.807, 2.05) is 25.1 Å². The van der Waals surface area contributed by atoms with Gasteiger partial charge >= 0.3 is 0 Å². The molecule has 16 heavy (non-hydrogen) atoms. The average molecular weight is 219 g/mol. The quantitative estimate of drug-likeness (QED) is 0.793. The highest BCUT2D eigenvalue weighted by molar-refractivity contribution is 5.66. The van der Waals surface area contributed by atoms with Gasteiger partial charge in [0.15, 0.2) is 12.2 Å². The van der Waals surface area contributed by atoms with Crippen molar-refractivity contribution in [1.29, 1.82) is 0 Å². The lowest BCUT2D eigenvalue weighted by Gasteiger charge is -2.09. The van der Waals surface area contributed by atoms with Crippen LogP contribution in [0.5, 0.6) is 11.5 Å². The van der Waals surface area contributed by atoms with Crippen molar-refractivity contribution in [3.8, 4) is 22.8 Å². The van der Waals surface area contributed by atoms with Crippen molar-refractivity contribution in [2.24, 2.45) is 0 Å². The molecule has 0 spiro atoms. The zero-order valence-corrected chi connectivity index (χ0v) is 9.27. The van der Waals surface area contributed by atoms with E-state index >= 15 is 0 Å². The Hall–Kier alpha value is -1.97. The first-order chi connectivity index (χ1) is 7.85. The lowest BCUT2D eigenvalue weighted by Crippen LogP contribution is -1.94. The van der Waals surface area contributed by atoms with Crippen LogP contribution in [0.1, 0.15) is 6.92 Å². The number of hydrogen-bond acceptors (Lipinski definition) is 4. The summed E-state index contributed by atoms with van der Waals surface area (Å²) in [5.41, 5.74) is 0.875. The topological polar surface area (TPSA) is 44.5 Å². The SMILES string of the molecule is CCOc1cc(OC)ccc1-c1cnco1. The number of methoxy groups -OCH3 is 1. The molecule has 1 heterocycles. The van der Waals surface area contributed by atoms with Crippen LogP contribution >= 0.6 is 0 Å². The number of oxazole rings is 1. The standard InChI is InChI=1S/C12H13NO3/c1-3-15-11-6-9(14-2)4-5-10(11)12-7-13-8-16-12/h4-8H,3H2,1-2H3. The zero-order chi connectivity index (χ0) is 11.4. The van der Waals surface area contributed by atoms with Crippen LogP contribution in [0.2, 0.25) is 0 Å². The highest BCUT2D eigenvalue weighted by Crippen LogP contribution is 2.33. The van der Waals surface area contributed by atoms with E-state index in [2.05, 4.69) is 4.98 Å². The second-order valence-electron chi connectivity index (χ2n) is 3.16. The van der Waals surface area contributed by atoms with E-state index in [4.69, 9.17) is 13.9 Å². The predicted molar refractivity (Wildman–Crippen MR) is 59.7 cm³/mol. The summed E-state index contributed by atoms with van der Waals surface area (Å²) in [6.45, 7) is 2.53. The summed E-state index contributed by atoms with van der Waals surface area (Å²) in [6, 6.07) is 5.59. The van der Waals surface area contributed by atoms with Crippen molar-refractivity contribution in [2.45, 2.75) is 6.92 Å². The van der Waals surface area contributed by atoms with E-state index in [9.17, 15) is 0 Å². The summed E-state index contributed by atoms with van der Waals surface area (Å²) in [4.78, 5) is 3.89. The maximum absolute atomic E-state index is 5.54. The van der Waals surface area contributed by atoms with E-state index in [0.717, 1.165) is 17.1 Å². The molecule has 4 nitrogen and oxygen atoms in total. The molecule has 0 aliphatic heterocycles. The van der Waals surface area contributed by atoms with Crippen molar-refractivity contribution in [1.82, 2.24) is 4.98 Å². The summed E-state index contributed by atoms with van der Waals surface area (Å²) in [5.74, 6) is 2.18. The van der Waals surface area contributed by atoms with Gasteiger partial charge in [-0.25, -0.2) is 4.98 Å². The Morgan fingerprint density at radius 2 is 2.25 bits per heavy atom. The second kappa shape index (κ2) is 4.70. The Bertz CT molecular complexity index is 451. The lowest BCUT2D eigenvalue weighted by molar-refractivity contribution is 0.336. The van der Waals surface area contributed by atoms with Crippen molar-refractivity contribution in [3.63, 3.8) is 0 Å². The first kappa shape index (κ1) is 10.5. The van der Waals surface area contributed by atoms with Crippen molar-refractivity contribution in [3.05, 3.63) is 30.8 Å². The molecule has 1 aromatic carbocycles. The third kappa shape index (κ3) is 2.00. The molecule has 4 heteroatoms. The molecule has 0 saturated carbocycles. The van der Waals surface area contributed by atoms with E-state index in [0.29, 0.717) is 12.4 Å². The predicted octanol–water partition coefficient (Wildman–Crippen LogP) is 2.75. The molecule has 0 fully saturated rings. The van der Waals surface area contributed by atoms with E-state index in [1.54, 1.807) is 13.3 Å². The normalized spacial score (nSPS) is 10.1. The van der Waals surface area contributed by atoms with Gasteiger partial charge in [-0.1, -0.05) is 0 Å². The number of benzene rings is 1. The first-order valence-corrected chi connectivity index (χ1v) is 5.05. The zero-order valence-electron chi connectivity index (χ0n) is 9.27. The van der Waals surface area contributed by atoms with Gasteiger partial charge in [0.05, 0.1) is 25.5 Å². The molecule has 1 aromatic heterocycles. The van der Waals surface area contributed by atoms with Crippen molar-refractivity contribution < 1.29 is 13.9 Å². The maximum atomic E-state index is 5.54. The lowest BCUT2D eigenvalue weighted by atomic mass is 10.1. The first-order valence-electron chi connectivity index (χ1n) is 5.05. The molecule has 2 aromatic rings. The molecule has 0 bridgehead atoms. The highest BCUT2D eigenvalue weighted by atomic mass is 16.5. The average Bonchev–Trinajstić information content (AvgIpc) is 2.83. The molecule has 0 aliphatic rings. The van der Waals surface area contributed by atoms with Crippen molar-refractivity contribution >= 4 is 0 Å². The number of rotatable bonds is 4. The fraction of sp³-hybridized carbons (Fsp3) is 0.250. The summed E-state index contributed by atoms with van der Waals surface area (Å²) in [6.07, 6.45) is 3.06. The van der Waals surface area contributed by atoms with Crippen LogP contribution in [0, 0.1) is 0 Å². The van der Waals surface area contributed by atoms with Crippen LogP contribution < -0.4 is 9.47 Å². The third-order valence-electron chi connectivity index (χ3n) is 2.19. The Labute approximate surface area is 93.8 Å². The molecule has 0 aliphatic carbocycles. The second-order valence-corrected chi connectivity index (χ2v) is 3.16. The number of hydrogen-bond donors (Lipinski definition) is 0. The monoisotopic (exact) mass is 219 g/mol. The molecule has 0 N–H and O–H groups in total. The fourth-order valence-corrected chi connectivity index (χ4v) is 1.46. The number of nitrogens with zero attached hydrogens (tertiary/aromatic N) is 1. The van der Waals surface area contributed by atoms with Gasteiger partial charge in [0.1, 0.15) is 11.5 Å². The summed E-state index contributed by atoms with van der Waals surface area (Å²) >= 11 is 0. The molecule has 0 atom stereocenters. The van der Waals surface area contributed by atoms with Gasteiger partial charge in [-0.2, -0.15) is 0 Å². The highest BCUT2D eigenvalue weighted by Gasteiger charge is 2.10. The summed E-state index contributed by atoms with van der Waals surface area (Å²) < 4.78 is 15.9. The molecule has 84 valence electrons. The van der Waals surface area contributed by atoms with Gasteiger partial charge in [-0.3, -0.25) is 0 Å². The summed E-state index contributed by atoms with van der Waals surface area (Å²) in [5, 5.41) is 0.